The molecule has 2 aliphatic heterocycles. The molecule has 4 heterocycles. The summed E-state index contributed by atoms with van der Waals surface area (Å²) in [5, 5.41) is 22.5. The number of sulfone groups is 1. The molecule has 0 spiro atoms. The molecule has 2 fully saturated rings. The fourth-order valence-corrected chi connectivity index (χ4v) is 11.8. The van der Waals surface area contributed by atoms with Crippen LogP contribution in [0.25, 0.3) is 10.4 Å². The molecule has 3 aromatic carbocycles. The summed E-state index contributed by atoms with van der Waals surface area (Å²) >= 11 is 8.09. The largest absolute Gasteiger partial charge is 0.489 e. The Kier molecular flexibility index (Phi) is 18.8. The van der Waals surface area contributed by atoms with Gasteiger partial charge in [0.2, 0.25) is 29.6 Å². The number of piperidine rings is 1. The topological polar surface area (TPSA) is 225 Å². The highest BCUT2D eigenvalue weighted by molar-refractivity contribution is 7.92. The van der Waals surface area contributed by atoms with E-state index >= 15 is 0 Å². The minimum atomic E-state index is -3.61. The Labute approximate surface area is 455 Å². The first-order valence-electron chi connectivity index (χ1n) is 26.0. The first kappa shape index (κ1) is 57.6. The van der Waals surface area contributed by atoms with E-state index in [1.54, 1.807) is 49.4 Å². The predicted molar refractivity (Wildman–Crippen MR) is 298 cm³/mol. The highest BCUT2D eigenvalue weighted by Crippen LogP contribution is 2.39. The summed E-state index contributed by atoms with van der Waals surface area (Å²) in [6, 6.07) is 16.7. The van der Waals surface area contributed by atoms with Crippen molar-refractivity contribution in [2.24, 2.45) is 5.41 Å². The minimum absolute atomic E-state index is 0.0190. The number of anilines is 4. The van der Waals surface area contributed by atoms with Gasteiger partial charge in [0.1, 0.15) is 22.9 Å². The lowest BCUT2D eigenvalue weighted by atomic mass is 9.85. The molecule has 0 saturated carbocycles. The normalized spacial score (nSPS) is 16.7. The first-order chi connectivity index (χ1) is 36.0. The number of rotatable bonds is 20. The van der Waals surface area contributed by atoms with Crippen LogP contribution in [0.5, 0.6) is 5.75 Å². The number of nitrogens with one attached hydrogen (secondary N) is 4. The van der Waals surface area contributed by atoms with E-state index in [0.717, 1.165) is 45.7 Å². The molecule has 2 aliphatic rings. The third kappa shape index (κ3) is 14.3. The van der Waals surface area contributed by atoms with Crippen LogP contribution >= 0.6 is 22.9 Å². The van der Waals surface area contributed by atoms with Gasteiger partial charge in [-0.15, -0.1) is 11.3 Å². The Hall–Kier alpha value is -6.15. The molecule has 7 rings (SSSR count). The van der Waals surface area contributed by atoms with Crippen LogP contribution in [0, 0.1) is 19.3 Å². The summed E-state index contributed by atoms with van der Waals surface area (Å²) in [6.07, 6.45) is 3.38. The number of unbranched alkanes of at least 4 members (excludes halogenated alkanes) is 1. The number of amides is 4. The van der Waals surface area contributed by atoms with Crippen molar-refractivity contribution in [3.05, 3.63) is 99.8 Å². The Morgan fingerprint density at radius 1 is 0.921 bits per heavy atom. The number of carbonyl (C=O) groups excluding carboxylic acids is 4. The van der Waals surface area contributed by atoms with Gasteiger partial charge in [-0.25, -0.2) is 18.4 Å². The summed E-state index contributed by atoms with van der Waals surface area (Å²) < 4.78 is 32.6. The van der Waals surface area contributed by atoms with Gasteiger partial charge >= 0.3 is 0 Å². The number of aliphatic hydroxyl groups is 1. The van der Waals surface area contributed by atoms with Crippen molar-refractivity contribution in [2.75, 3.05) is 30.3 Å². The van der Waals surface area contributed by atoms with Gasteiger partial charge in [0, 0.05) is 45.4 Å². The molecule has 5 aromatic rings. The van der Waals surface area contributed by atoms with Crippen molar-refractivity contribution in [2.45, 2.75) is 154 Å². The second-order valence-corrected chi connectivity index (χ2v) is 25.1. The number of aliphatic hydroxyl groups excluding tert-OH is 1. The Morgan fingerprint density at radius 3 is 2.28 bits per heavy atom. The lowest BCUT2D eigenvalue weighted by Crippen LogP contribution is -2.57. The number of ether oxygens (including phenoxy) is 1. The summed E-state index contributed by atoms with van der Waals surface area (Å²) in [4.78, 5) is 72.4. The average molecular weight is 1100 g/mol. The van der Waals surface area contributed by atoms with Crippen LogP contribution in [0.2, 0.25) is 5.02 Å². The second kappa shape index (κ2) is 24.9. The van der Waals surface area contributed by atoms with Crippen molar-refractivity contribution in [3.8, 4) is 16.2 Å². The Morgan fingerprint density at radius 2 is 1.62 bits per heavy atom. The number of thiazole rings is 1. The fourth-order valence-electron chi connectivity index (χ4n) is 9.60. The van der Waals surface area contributed by atoms with E-state index in [0.29, 0.717) is 43.1 Å². The number of hydrogen-bond acceptors (Lipinski definition) is 14. The number of nitrogens with zero attached hydrogens (tertiary/aromatic N) is 5. The van der Waals surface area contributed by atoms with E-state index < -0.39 is 44.6 Å². The molecule has 0 aliphatic carbocycles. The number of benzene rings is 3. The van der Waals surface area contributed by atoms with E-state index in [-0.39, 0.29) is 83.8 Å². The zero-order valence-electron chi connectivity index (χ0n) is 44.9. The quantitative estimate of drug-likeness (QED) is 0.0459. The molecule has 17 nitrogen and oxygen atoms in total. The van der Waals surface area contributed by atoms with Gasteiger partial charge in [-0.05, 0) is 125 Å². The number of β-amino-alcohol motifs (C(OH)–C–C–N with tert-alkyl or cyclic N) is 1. The standard InChI is InChI=1S/C56H72ClN9O8S2/c1-33(2)74-46-28-41(35(5)26-44(46)62-55-59-30-42(57)52(64-55)61-43-14-10-11-15-47(43)76(72,73)34(3)4)38-22-24-65(25-23-38)49(69)17-13-12-16-48(68)63-51(56(7,8)9)54(71)66-31-40(67)27-45(66)53(70)58-29-37-18-20-39(21-19-37)50-36(6)60-32-75-50/h10-11,14-15,18-21,26,28,30,32-34,38,40,45,51,67H,12-13,16-17,22-25,27,29,31H2,1-9H3,(H,58,70)(H,63,68)(H2,59,61,62,64)/t40-,45+,51+/m0/s1. The van der Waals surface area contributed by atoms with Crippen molar-refractivity contribution in [3.63, 3.8) is 0 Å². The van der Waals surface area contributed by atoms with Gasteiger partial charge in [-0.3, -0.25) is 19.2 Å². The number of hydrogen-bond donors (Lipinski definition) is 5. The summed E-state index contributed by atoms with van der Waals surface area (Å²) in [5.74, 6) is 0.146. The third-order valence-electron chi connectivity index (χ3n) is 13.8. The Balaban J connectivity index is 0.890. The van der Waals surface area contributed by atoms with Crippen LogP contribution in [0.4, 0.5) is 23.1 Å². The van der Waals surface area contributed by atoms with Crippen molar-refractivity contribution < 1.29 is 37.4 Å². The number of likely N-dealkylation sites (tertiary alicyclic amines) is 2. The number of halogens is 1. The maximum Gasteiger partial charge on any atom is 0.246 e. The monoisotopic (exact) mass is 1100 g/mol. The van der Waals surface area contributed by atoms with Crippen LogP contribution in [0.15, 0.2) is 77.3 Å². The smallest absolute Gasteiger partial charge is 0.246 e. The highest BCUT2D eigenvalue weighted by atomic mass is 35.5. The van der Waals surface area contributed by atoms with E-state index in [4.69, 9.17) is 16.3 Å². The number of carbonyl (C=O) groups is 4. The van der Waals surface area contributed by atoms with Crippen molar-refractivity contribution in [1.29, 1.82) is 0 Å². The SMILES string of the molecule is Cc1cc(Nc2ncc(Cl)c(Nc3ccccc3S(=O)(=O)C(C)C)n2)c(OC(C)C)cc1C1CCN(C(=O)CCCCC(=O)N[C@H](C(=O)N2C[C@@H](O)C[C@@H]2C(=O)NCc2ccc(-c3scnc3C)cc2)C(C)(C)C)CC1. The van der Waals surface area contributed by atoms with E-state index in [1.165, 1.54) is 11.1 Å². The van der Waals surface area contributed by atoms with E-state index in [2.05, 4.69) is 36.2 Å². The number of aryl methyl sites for hydroxylation is 2. The highest BCUT2D eigenvalue weighted by Gasteiger charge is 2.44. The maximum atomic E-state index is 14.2. The van der Waals surface area contributed by atoms with Crippen molar-refractivity contribution in [1.82, 2.24) is 35.4 Å². The molecule has 0 unspecified atom stereocenters. The molecular weight excluding hydrogens is 1030 g/mol. The lowest BCUT2D eigenvalue weighted by molar-refractivity contribution is -0.144. The summed E-state index contributed by atoms with van der Waals surface area (Å²) in [7, 11) is -3.61. The van der Waals surface area contributed by atoms with Crippen LogP contribution in [-0.2, 0) is 35.6 Å². The van der Waals surface area contributed by atoms with Gasteiger partial charge < -0.3 is 40.9 Å². The molecule has 20 heteroatoms. The first-order valence-corrected chi connectivity index (χ1v) is 28.8. The molecule has 0 radical (unpaired) electrons. The molecule has 408 valence electrons. The second-order valence-electron chi connectivity index (χ2n) is 21.4. The fraction of sp³-hybridized carbons (Fsp3) is 0.482. The lowest BCUT2D eigenvalue weighted by Gasteiger charge is -2.35. The van der Waals surface area contributed by atoms with Gasteiger partial charge in [0.15, 0.2) is 15.7 Å². The molecule has 4 amide bonds. The third-order valence-corrected chi connectivity index (χ3v) is 17.3. The van der Waals surface area contributed by atoms with E-state index in [9.17, 15) is 32.7 Å². The molecule has 76 heavy (non-hydrogen) atoms. The van der Waals surface area contributed by atoms with Gasteiger partial charge in [0.05, 0.1) is 56.0 Å². The summed E-state index contributed by atoms with van der Waals surface area (Å²) in [5.41, 5.74) is 7.13. The average Bonchev–Trinajstić information content (AvgIpc) is 4.00. The summed E-state index contributed by atoms with van der Waals surface area (Å²) in [6.45, 7) is 18.1. The molecule has 0 bridgehead atoms. The number of aromatic nitrogens is 3. The molecule has 5 N–H and O–H groups in total. The van der Waals surface area contributed by atoms with Gasteiger partial charge in [-0.1, -0.05) is 68.8 Å². The zero-order chi connectivity index (χ0) is 55.1. The van der Waals surface area contributed by atoms with Crippen LogP contribution in [-0.4, -0.2) is 111 Å². The molecule has 2 aromatic heterocycles. The Bertz CT molecular complexity index is 2990. The van der Waals surface area contributed by atoms with Crippen LogP contribution in [0.3, 0.4) is 0 Å². The van der Waals surface area contributed by atoms with E-state index in [1.807, 2.05) is 95.3 Å². The minimum Gasteiger partial charge on any atom is -0.489 e. The van der Waals surface area contributed by atoms with Crippen LogP contribution < -0.4 is 26.0 Å². The number of para-hydroxylation sites is 1. The maximum absolute atomic E-state index is 14.2. The van der Waals surface area contributed by atoms with Gasteiger partial charge in [-0.2, -0.15) is 4.98 Å². The molecular formula is C56H72ClN9O8S2. The van der Waals surface area contributed by atoms with Crippen molar-refractivity contribution >= 4 is 79.5 Å². The van der Waals surface area contributed by atoms with Gasteiger partial charge in [0.25, 0.3) is 0 Å². The molecule has 2 saturated heterocycles. The predicted octanol–water partition coefficient (Wildman–Crippen LogP) is 9.40. The van der Waals surface area contributed by atoms with Crippen LogP contribution in [0.1, 0.15) is 122 Å². The molecule has 3 atom stereocenters. The zero-order valence-corrected chi connectivity index (χ0v) is 47.3.